The number of benzene rings is 1. The summed E-state index contributed by atoms with van der Waals surface area (Å²) in [6, 6.07) is 4.70. The molecular formula is C11H15NO2. The minimum Gasteiger partial charge on any atom is -0.508 e. The van der Waals surface area contributed by atoms with E-state index in [0.717, 1.165) is 11.1 Å². The Morgan fingerprint density at radius 2 is 2.21 bits per heavy atom. The highest BCUT2D eigenvalue weighted by molar-refractivity contribution is 5.38. The van der Waals surface area contributed by atoms with Gasteiger partial charge in [0, 0.05) is 0 Å². The minimum absolute atomic E-state index is 0.0989. The van der Waals surface area contributed by atoms with Crippen LogP contribution in [0.1, 0.15) is 17.2 Å². The molecule has 1 aromatic carbocycles. The highest BCUT2D eigenvalue weighted by Gasteiger charge is 2.07. The summed E-state index contributed by atoms with van der Waals surface area (Å²) in [6.45, 7) is 3.50. The van der Waals surface area contributed by atoms with E-state index in [1.807, 2.05) is 0 Å². The third-order valence-electron chi connectivity index (χ3n) is 2.09. The first kappa shape index (κ1) is 10.8. The Bertz CT molecular complexity index is 323. The molecule has 4 N–H and O–H groups in total. The molecule has 0 bridgehead atoms. The van der Waals surface area contributed by atoms with E-state index in [0.29, 0.717) is 6.42 Å². The van der Waals surface area contributed by atoms with Gasteiger partial charge in [-0.05, 0) is 23.6 Å². The zero-order chi connectivity index (χ0) is 10.6. The smallest absolute Gasteiger partial charge is 0.119 e. The van der Waals surface area contributed by atoms with Crippen molar-refractivity contribution >= 4 is 0 Å². The van der Waals surface area contributed by atoms with Gasteiger partial charge in [0.15, 0.2) is 0 Å². The first-order chi connectivity index (χ1) is 6.69. The Morgan fingerprint density at radius 1 is 1.50 bits per heavy atom. The van der Waals surface area contributed by atoms with Crippen molar-refractivity contribution in [2.75, 3.05) is 6.61 Å². The fourth-order valence-corrected chi connectivity index (χ4v) is 1.26. The van der Waals surface area contributed by atoms with Crippen molar-refractivity contribution in [2.45, 2.75) is 12.5 Å². The van der Waals surface area contributed by atoms with Crippen LogP contribution in [0.25, 0.3) is 0 Å². The second-order valence-electron chi connectivity index (χ2n) is 3.17. The molecule has 1 atom stereocenters. The number of hydrogen-bond acceptors (Lipinski definition) is 3. The van der Waals surface area contributed by atoms with Crippen molar-refractivity contribution in [3.63, 3.8) is 0 Å². The van der Waals surface area contributed by atoms with Gasteiger partial charge in [0.25, 0.3) is 0 Å². The summed E-state index contributed by atoms with van der Waals surface area (Å²) in [5, 5.41) is 18.3. The molecule has 0 unspecified atom stereocenters. The molecule has 1 rings (SSSR count). The van der Waals surface area contributed by atoms with Gasteiger partial charge in [-0.25, -0.2) is 0 Å². The molecule has 0 heterocycles. The topological polar surface area (TPSA) is 66.5 Å². The summed E-state index contributed by atoms with van der Waals surface area (Å²) in [7, 11) is 0. The molecule has 0 aliphatic heterocycles. The van der Waals surface area contributed by atoms with E-state index < -0.39 is 0 Å². The number of phenols is 1. The normalized spacial score (nSPS) is 12.4. The summed E-state index contributed by atoms with van der Waals surface area (Å²) >= 11 is 0. The fourth-order valence-electron chi connectivity index (χ4n) is 1.26. The Balaban J connectivity index is 2.99. The maximum Gasteiger partial charge on any atom is 0.119 e. The lowest BCUT2D eigenvalue weighted by molar-refractivity contribution is 0.268. The van der Waals surface area contributed by atoms with E-state index in [2.05, 4.69) is 6.58 Å². The Hall–Kier alpha value is -1.32. The number of nitrogens with two attached hydrogens (primary N) is 1. The van der Waals surface area contributed by atoms with Crippen LogP contribution in [0.5, 0.6) is 5.75 Å². The summed E-state index contributed by atoms with van der Waals surface area (Å²) in [4.78, 5) is 0. The van der Waals surface area contributed by atoms with Gasteiger partial charge >= 0.3 is 0 Å². The second-order valence-corrected chi connectivity index (χ2v) is 3.17. The van der Waals surface area contributed by atoms with Crippen molar-refractivity contribution in [1.29, 1.82) is 0 Å². The summed E-state index contributed by atoms with van der Waals surface area (Å²) in [5.74, 6) is 0.235. The number of hydrogen-bond donors (Lipinski definition) is 3. The first-order valence-corrected chi connectivity index (χ1v) is 4.48. The van der Waals surface area contributed by atoms with Gasteiger partial charge in [-0.3, -0.25) is 0 Å². The molecule has 0 radical (unpaired) electrons. The molecule has 0 aliphatic carbocycles. The standard InChI is InChI=1S/C11H15NO2/c1-2-3-9-6-8(10(12)7-13)4-5-11(9)14/h2,4-6,10,13-14H,1,3,7,12H2/t10-/m1/s1. The van der Waals surface area contributed by atoms with Crippen LogP contribution in [0.15, 0.2) is 30.9 Å². The van der Waals surface area contributed by atoms with Gasteiger partial charge in [0.2, 0.25) is 0 Å². The lowest BCUT2D eigenvalue weighted by Gasteiger charge is -2.10. The van der Waals surface area contributed by atoms with Crippen molar-refractivity contribution in [2.24, 2.45) is 5.73 Å². The van der Waals surface area contributed by atoms with Gasteiger partial charge < -0.3 is 15.9 Å². The lowest BCUT2D eigenvalue weighted by Crippen LogP contribution is -2.14. The molecule has 0 spiro atoms. The highest BCUT2D eigenvalue weighted by Crippen LogP contribution is 2.21. The zero-order valence-corrected chi connectivity index (χ0v) is 7.98. The van der Waals surface area contributed by atoms with Crippen LogP contribution < -0.4 is 5.73 Å². The predicted molar refractivity (Wildman–Crippen MR) is 56.0 cm³/mol. The van der Waals surface area contributed by atoms with E-state index in [-0.39, 0.29) is 18.4 Å². The lowest BCUT2D eigenvalue weighted by atomic mass is 10.0. The van der Waals surface area contributed by atoms with Gasteiger partial charge in [-0.2, -0.15) is 0 Å². The highest BCUT2D eigenvalue weighted by atomic mass is 16.3. The number of aromatic hydroxyl groups is 1. The molecule has 3 nitrogen and oxygen atoms in total. The van der Waals surface area contributed by atoms with Gasteiger partial charge in [0.1, 0.15) is 5.75 Å². The van der Waals surface area contributed by atoms with Gasteiger partial charge in [-0.1, -0.05) is 18.2 Å². The molecular weight excluding hydrogens is 178 g/mol. The number of allylic oxidation sites excluding steroid dienone is 1. The molecule has 0 aromatic heterocycles. The van der Waals surface area contributed by atoms with E-state index in [1.165, 1.54) is 0 Å². The molecule has 14 heavy (non-hydrogen) atoms. The molecule has 1 aromatic rings. The molecule has 0 saturated heterocycles. The zero-order valence-electron chi connectivity index (χ0n) is 7.98. The van der Waals surface area contributed by atoms with Crippen molar-refractivity contribution < 1.29 is 10.2 Å². The number of aliphatic hydroxyl groups is 1. The van der Waals surface area contributed by atoms with Crippen LogP contribution in [0.3, 0.4) is 0 Å². The maximum absolute atomic E-state index is 9.47. The molecule has 76 valence electrons. The summed E-state index contributed by atoms with van der Waals surface area (Å²) in [5.41, 5.74) is 7.25. The second kappa shape index (κ2) is 4.79. The molecule has 0 saturated carbocycles. The van der Waals surface area contributed by atoms with Gasteiger partial charge in [-0.15, -0.1) is 6.58 Å². The number of aliphatic hydroxyl groups excluding tert-OH is 1. The molecule has 0 amide bonds. The van der Waals surface area contributed by atoms with Crippen molar-refractivity contribution in [3.8, 4) is 5.75 Å². The van der Waals surface area contributed by atoms with Crippen LogP contribution in [-0.2, 0) is 6.42 Å². The average molecular weight is 193 g/mol. The third-order valence-corrected chi connectivity index (χ3v) is 2.09. The predicted octanol–water partition coefficient (Wildman–Crippen LogP) is 1.11. The van der Waals surface area contributed by atoms with Crippen LogP contribution in [0, 0.1) is 0 Å². The maximum atomic E-state index is 9.47. The number of phenolic OH excluding ortho intramolecular Hbond substituents is 1. The summed E-state index contributed by atoms with van der Waals surface area (Å²) < 4.78 is 0. The Labute approximate surface area is 83.5 Å². The number of rotatable bonds is 4. The SMILES string of the molecule is C=CCc1cc([C@H](N)CO)ccc1O. The van der Waals surface area contributed by atoms with Crippen LogP contribution in [-0.4, -0.2) is 16.8 Å². The monoisotopic (exact) mass is 193 g/mol. The fraction of sp³-hybridized carbons (Fsp3) is 0.273. The van der Waals surface area contributed by atoms with E-state index in [1.54, 1.807) is 24.3 Å². The van der Waals surface area contributed by atoms with Crippen LogP contribution in [0.2, 0.25) is 0 Å². The summed E-state index contributed by atoms with van der Waals surface area (Å²) in [6.07, 6.45) is 2.31. The quantitative estimate of drug-likeness (QED) is 0.627. The molecule has 0 fully saturated rings. The van der Waals surface area contributed by atoms with Crippen molar-refractivity contribution in [1.82, 2.24) is 0 Å². The minimum atomic E-state index is -0.390. The molecule has 3 heteroatoms. The van der Waals surface area contributed by atoms with Gasteiger partial charge in [0.05, 0.1) is 12.6 Å². The largest absolute Gasteiger partial charge is 0.508 e. The Kier molecular flexibility index (Phi) is 3.68. The van der Waals surface area contributed by atoms with E-state index in [4.69, 9.17) is 10.8 Å². The Morgan fingerprint density at radius 3 is 2.79 bits per heavy atom. The van der Waals surface area contributed by atoms with Crippen molar-refractivity contribution in [3.05, 3.63) is 42.0 Å². The van der Waals surface area contributed by atoms with E-state index in [9.17, 15) is 5.11 Å². The van der Waals surface area contributed by atoms with Crippen LogP contribution >= 0.6 is 0 Å². The third kappa shape index (κ3) is 2.34. The molecule has 0 aliphatic rings. The van der Waals surface area contributed by atoms with Crippen LogP contribution in [0.4, 0.5) is 0 Å². The first-order valence-electron chi connectivity index (χ1n) is 4.48. The van der Waals surface area contributed by atoms with E-state index >= 15 is 0 Å². The average Bonchev–Trinajstić information content (AvgIpc) is 2.20.